The van der Waals surface area contributed by atoms with Gasteiger partial charge in [0.2, 0.25) is 0 Å². The van der Waals surface area contributed by atoms with Gasteiger partial charge in [-0.05, 0) is 62.8 Å². The summed E-state index contributed by atoms with van der Waals surface area (Å²) in [6, 6.07) is 12.3. The van der Waals surface area contributed by atoms with Crippen molar-refractivity contribution < 1.29 is 31.3 Å². The average molecular weight is 417 g/mol. The third-order valence-corrected chi connectivity index (χ3v) is 4.49. The maximum atomic E-state index is 10.6. The molecule has 6 N–H and O–H groups in total. The minimum atomic E-state index is -1.23. The summed E-state index contributed by atoms with van der Waals surface area (Å²) in [6.07, 6.45) is 2.32. The van der Waals surface area contributed by atoms with Crippen LogP contribution < -0.4 is 21.7 Å². The monoisotopic (exact) mass is 416 g/mol. The van der Waals surface area contributed by atoms with E-state index in [9.17, 15) is 19.8 Å². The van der Waals surface area contributed by atoms with E-state index in [0.717, 1.165) is 24.0 Å². The minimum Gasteiger partial charge on any atom is -0.545 e. The second kappa shape index (κ2) is 12.1. The Kier molecular flexibility index (Phi) is 11.0. The van der Waals surface area contributed by atoms with Crippen molar-refractivity contribution in [2.45, 2.75) is 65.5 Å². The van der Waals surface area contributed by atoms with Gasteiger partial charge in [0.25, 0.3) is 0 Å². The van der Waals surface area contributed by atoms with E-state index in [1.807, 2.05) is 0 Å². The van der Waals surface area contributed by atoms with E-state index >= 15 is 0 Å². The summed E-state index contributed by atoms with van der Waals surface area (Å²) >= 11 is 0. The van der Waals surface area contributed by atoms with Crippen LogP contribution in [0.2, 0.25) is 0 Å². The molecule has 6 nitrogen and oxygen atoms in total. The Hall–Kier alpha value is -2.70. The van der Waals surface area contributed by atoms with E-state index in [1.165, 1.54) is 24.3 Å². The van der Waals surface area contributed by atoms with Crippen molar-refractivity contribution in [1.29, 1.82) is 0 Å². The Bertz CT molecular complexity index is 714. The molecule has 0 saturated carbocycles. The third kappa shape index (κ3) is 12.0. The number of rotatable bonds is 5. The highest BCUT2D eigenvalue weighted by Crippen LogP contribution is 2.20. The molecule has 0 spiro atoms. The maximum absolute atomic E-state index is 10.6. The summed E-state index contributed by atoms with van der Waals surface area (Å²) in [4.78, 5) is 21.2. The van der Waals surface area contributed by atoms with Crippen molar-refractivity contribution in [3.05, 3.63) is 59.7 Å². The molecule has 2 rings (SSSR count). The molecule has 0 aliphatic carbocycles. The van der Waals surface area contributed by atoms with E-state index in [-0.39, 0.29) is 11.1 Å². The standard InChI is InChI=1S/C14H10O4.2C5H13N/c15-13(16)11-5-1-9(2-6-11)10-3-7-12(8-4-10)14(17)18;2*1-4-5(2,3)6/h1-8H,(H,15,16)(H,17,18);2*4,6H2,1-3H3. The lowest BCUT2D eigenvalue weighted by Crippen LogP contribution is -2.68. The Labute approximate surface area is 179 Å². The molecular weight excluding hydrogens is 380 g/mol. The van der Waals surface area contributed by atoms with Crippen LogP contribution in [0.4, 0.5) is 0 Å². The first-order valence-electron chi connectivity index (χ1n) is 10.0. The Morgan fingerprint density at radius 1 is 0.667 bits per heavy atom. The molecule has 0 aromatic heterocycles. The van der Waals surface area contributed by atoms with Crippen LogP contribution in [-0.2, 0) is 0 Å². The number of hydrogen-bond acceptors (Lipinski definition) is 4. The van der Waals surface area contributed by atoms with E-state index in [4.69, 9.17) is 0 Å². The molecular formula is C24H36N2O4. The average Bonchev–Trinajstić information content (AvgIpc) is 2.68. The van der Waals surface area contributed by atoms with Crippen LogP contribution in [0.15, 0.2) is 48.5 Å². The van der Waals surface area contributed by atoms with Crippen LogP contribution in [0.3, 0.4) is 0 Å². The van der Waals surface area contributed by atoms with Crippen molar-refractivity contribution in [2.75, 3.05) is 0 Å². The number of carbonyl (C=O) groups excluding carboxylic acids is 2. The fourth-order valence-electron chi connectivity index (χ4n) is 1.60. The molecule has 0 fully saturated rings. The predicted octanol–water partition coefficient (Wildman–Crippen LogP) is 0.914. The smallest absolute Gasteiger partial charge is 0.0886 e. The third-order valence-electron chi connectivity index (χ3n) is 4.49. The Morgan fingerprint density at radius 2 is 0.867 bits per heavy atom. The summed E-state index contributed by atoms with van der Waals surface area (Å²) in [5, 5.41) is 21.2. The van der Waals surface area contributed by atoms with Crippen LogP contribution in [0.5, 0.6) is 0 Å². The Balaban J connectivity index is 0.000000580. The van der Waals surface area contributed by atoms with Crippen molar-refractivity contribution in [1.82, 2.24) is 0 Å². The second-order valence-electron chi connectivity index (χ2n) is 8.77. The predicted molar refractivity (Wildman–Crippen MR) is 115 cm³/mol. The van der Waals surface area contributed by atoms with Gasteiger partial charge in [-0.15, -0.1) is 0 Å². The largest absolute Gasteiger partial charge is 0.545 e. The zero-order valence-corrected chi connectivity index (χ0v) is 19.1. The Morgan fingerprint density at radius 3 is 1.00 bits per heavy atom. The van der Waals surface area contributed by atoms with Gasteiger partial charge >= 0.3 is 0 Å². The lowest BCUT2D eigenvalue weighted by molar-refractivity contribution is -0.466. The highest BCUT2D eigenvalue weighted by atomic mass is 16.4. The molecule has 0 aliphatic heterocycles. The van der Waals surface area contributed by atoms with Gasteiger partial charge < -0.3 is 31.3 Å². The first-order valence-corrected chi connectivity index (χ1v) is 10.0. The number of quaternary nitrogens is 2. The van der Waals surface area contributed by atoms with Gasteiger partial charge in [0.05, 0.1) is 23.0 Å². The highest BCUT2D eigenvalue weighted by Gasteiger charge is 2.09. The lowest BCUT2D eigenvalue weighted by Gasteiger charge is -2.08. The molecule has 30 heavy (non-hydrogen) atoms. The zero-order valence-electron chi connectivity index (χ0n) is 19.1. The van der Waals surface area contributed by atoms with E-state index < -0.39 is 11.9 Å². The zero-order chi connectivity index (χ0) is 23.5. The SMILES string of the molecule is CCC(C)(C)[NH3+].CCC(C)(C)[NH3+].O=C([O-])c1ccc(-c2ccc(C(=O)[O-])cc2)cc1. The summed E-state index contributed by atoms with van der Waals surface area (Å²) < 4.78 is 0. The molecule has 0 atom stereocenters. The molecule has 0 unspecified atom stereocenters. The molecule has 6 heteroatoms. The molecule has 2 aromatic rings. The summed E-state index contributed by atoms with van der Waals surface area (Å²) in [5.74, 6) is -2.46. The number of hydrogen-bond donors (Lipinski definition) is 2. The van der Waals surface area contributed by atoms with Crippen LogP contribution in [0, 0.1) is 0 Å². The molecule has 166 valence electrons. The normalized spacial score (nSPS) is 10.8. The number of carboxylic acid groups (broad SMARTS) is 2. The summed E-state index contributed by atoms with van der Waals surface area (Å²) in [7, 11) is 0. The van der Waals surface area contributed by atoms with Crippen molar-refractivity contribution in [3.63, 3.8) is 0 Å². The molecule has 2 aromatic carbocycles. The van der Waals surface area contributed by atoms with E-state index in [1.54, 1.807) is 24.3 Å². The molecule has 0 heterocycles. The summed E-state index contributed by atoms with van der Waals surface area (Å²) in [6.45, 7) is 12.8. The quantitative estimate of drug-likeness (QED) is 0.749. The number of carboxylic acids is 2. The van der Waals surface area contributed by atoms with Gasteiger partial charge in [0, 0.05) is 0 Å². The fraction of sp³-hybridized carbons (Fsp3) is 0.417. The van der Waals surface area contributed by atoms with Crippen molar-refractivity contribution in [3.8, 4) is 11.1 Å². The van der Waals surface area contributed by atoms with Gasteiger partial charge in [0.1, 0.15) is 0 Å². The minimum absolute atomic E-state index is 0.102. The van der Waals surface area contributed by atoms with Crippen LogP contribution in [0.1, 0.15) is 75.1 Å². The number of benzene rings is 2. The van der Waals surface area contributed by atoms with E-state index in [2.05, 4.69) is 53.0 Å². The number of aromatic carboxylic acids is 2. The van der Waals surface area contributed by atoms with Crippen LogP contribution in [0.25, 0.3) is 11.1 Å². The van der Waals surface area contributed by atoms with Gasteiger partial charge in [0.15, 0.2) is 0 Å². The molecule has 0 saturated heterocycles. The molecule has 0 aliphatic rings. The van der Waals surface area contributed by atoms with Crippen molar-refractivity contribution >= 4 is 11.9 Å². The van der Waals surface area contributed by atoms with Crippen LogP contribution in [-0.4, -0.2) is 23.0 Å². The first kappa shape index (κ1) is 27.3. The van der Waals surface area contributed by atoms with Gasteiger partial charge in [-0.3, -0.25) is 0 Å². The fourth-order valence-corrected chi connectivity index (χ4v) is 1.60. The summed E-state index contributed by atoms with van der Waals surface area (Å²) in [5.41, 5.74) is 10.2. The molecule has 0 bridgehead atoms. The van der Waals surface area contributed by atoms with E-state index in [0.29, 0.717) is 11.1 Å². The number of carbonyl (C=O) groups is 2. The first-order chi connectivity index (χ1) is 13.7. The van der Waals surface area contributed by atoms with Crippen LogP contribution >= 0.6 is 0 Å². The van der Waals surface area contributed by atoms with Gasteiger partial charge in [-0.25, -0.2) is 0 Å². The van der Waals surface area contributed by atoms with Gasteiger partial charge in [-0.2, -0.15) is 0 Å². The lowest BCUT2D eigenvalue weighted by atomic mass is 10.0. The highest BCUT2D eigenvalue weighted by molar-refractivity contribution is 5.88. The van der Waals surface area contributed by atoms with Crippen molar-refractivity contribution in [2.24, 2.45) is 0 Å². The molecule has 0 radical (unpaired) electrons. The molecule has 0 amide bonds. The van der Waals surface area contributed by atoms with Gasteiger partial charge in [-0.1, -0.05) is 62.4 Å². The maximum Gasteiger partial charge on any atom is 0.0886 e. The topological polar surface area (TPSA) is 136 Å². The second-order valence-corrected chi connectivity index (χ2v) is 8.77.